The average Bonchev–Trinajstić information content (AvgIpc) is 3.47. The van der Waals surface area contributed by atoms with Gasteiger partial charge >= 0.3 is 6.29 Å². The number of carbonyl (C=O) groups is 1. The summed E-state index contributed by atoms with van der Waals surface area (Å²) in [7, 11) is 0. The molecule has 1 amide bonds. The second-order valence-electron chi connectivity index (χ2n) is 8.09. The van der Waals surface area contributed by atoms with Gasteiger partial charge in [0.25, 0.3) is 0 Å². The zero-order valence-electron chi connectivity index (χ0n) is 17.3. The zero-order valence-corrected chi connectivity index (χ0v) is 17.3. The van der Waals surface area contributed by atoms with E-state index in [0.29, 0.717) is 35.6 Å². The highest BCUT2D eigenvalue weighted by molar-refractivity contribution is 6.01. The Labute approximate surface area is 181 Å². The van der Waals surface area contributed by atoms with Crippen molar-refractivity contribution < 1.29 is 23.0 Å². The van der Waals surface area contributed by atoms with Crippen LogP contribution in [0.25, 0.3) is 11.3 Å². The van der Waals surface area contributed by atoms with Crippen molar-refractivity contribution in [3.05, 3.63) is 69.6 Å². The normalized spacial score (nSPS) is 17.1. The van der Waals surface area contributed by atoms with Crippen LogP contribution in [-0.2, 0) is 10.2 Å². The van der Waals surface area contributed by atoms with Gasteiger partial charge < -0.3 is 19.8 Å². The first-order valence-electron chi connectivity index (χ1n) is 10.1. The van der Waals surface area contributed by atoms with Gasteiger partial charge in [-0.05, 0) is 62.1 Å². The highest BCUT2D eigenvalue weighted by Crippen LogP contribution is 2.52. The van der Waals surface area contributed by atoms with Gasteiger partial charge in [-0.15, -0.1) is 8.78 Å². The summed E-state index contributed by atoms with van der Waals surface area (Å²) in [4.78, 5) is 32.0. The van der Waals surface area contributed by atoms with Crippen LogP contribution in [0, 0.1) is 13.8 Å². The molecule has 2 N–H and O–H groups in total. The van der Waals surface area contributed by atoms with Gasteiger partial charge in [-0.3, -0.25) is 9.59 Å². The smallest absolute Gasteiger partial charge is 0.395 e. The molecule has 1 aliphatic carbocycles. The van der Waals surface area contributed by atoms with Gasteiger partial charge in [0.15, 0.2) is 11.5 Å². The quantitative estimate of drug-likeness (QED) is 0.640. The van der Waals surface area contributed by atoms with E-state index in [1.807, 2.05) is 13.0 Å². The van der Waals surface area contributed by atoms with Crippen LogP contribution in [0.1, 0.15) is 29.7 Å². The fourth-order valence-electron chi connectivity index (χ4n) is 3.96. The largest absolute Gasteiger partial charge is 0.586 e. The molecule has 0 saturated heterocycles. The van der Waals surface area contributed by atoms with Crippen LogP contribution in [-0.4, -0.2) is 22.2 Å². The number of alkyl halides is 2. The van der Waals surface area contributed by atoms with Crippen molar-refractivity contribution >= 4 is 11.7 Å². The molecule has 9 heteroatoms. The summed E-state index contributed by atoms with van der Waals surface area (Å²) in [5.41, 5.74) is 2.51. The van der Waals surface area contributed by atoms with Crippen LogP contribution in [0.3, 0.4) is 0 Å². The van der Waals surface area contributed by atoms with Crippen LogP contribution < -0.4 is 20.3 Å². The predicted molar refractivity (Wildman–Crippen MR) is 112 cm³/mol. The Morgan fingerprint density at radius 3 is 2.53 bits per heavy atom. The number of amides is 1. The molecule has 5 rings (SSSR count). The van der Waals surface area contributed by atoms with Crippen LogP contribution >= 0.6 is 0 Å². The standard InChI is InChI=1S/C23H19F2N3O4/c1-12-3-7-18(27-20(12)15-5-8-19(29)26-13(15)2)28-21(30)22(9-10-22)14-4-6-16-17(11-14)32-23(24,25)31-16/h3-8,11H,9-10H2,1-2H3,(H,26,29)(H,27,28,30). The van der Waals surface area contributed by atoms with Crippen LogP contribution in [0.4, 0.5) is 14.6 Å². The maximum atomic E-state index is 13.3. The molecule has 1 saturated carbocycles. The minimum atomic E-state index is -3.71. The Bertz CT molecular complexity index is 1310. The number of ether oxygens (including phenoxy) is 2. The Morgan fingerprint density at radius 2 is 1.81 bits per heavy atom. The lowest BCUT2D eigenvalue weighted by Gasteiger charge is -2.17. The molecule has 7 nitrogen and oxygen atoms in total. The minimum absolute atomic E-state index is 0.0592. The Morgan fingerprint density at radius 1 is 1.06 bits per heavy atom. The molecule has 1 aromatic carbocycles. The van der Waals surface area contributed by atoms with Crippen molar-refractivity contribution in [1.29, 1.82) is 0 Å². The second-order valence-corrected chi connectivity index (χ2v) is 8.09. The number of carbonyl (C=O) groups excluding carboxylic acids is 1. The minimum Gasteiger partial charge on any atom is -0.395 e. The van der Waals surface area contributed by atoms with Gasteiger partial charge in [-0.2, -0.15) is 0 Å². The number of nitrogens with one attached hydrogen (secondary N) is 2. The van der Waals surface area contributed by atoms with Gasteiger partial charge in [0.05, 0.1) is 11.1 Å². The molecule has 3 aromatic rings. The SMILES string of the molecule is Cc1ccc(NC(=O)C2(c3ccc4c(c3)OC(F)(F)O4)CC2)nc1-c1ccc(=O)[nH]c1C. The Kier molecular flexibility index (Phi) is 4.34. The molecule has 2 aliphatic rings. The second kappa shape index (κ2) is 6.88. The summed E-state index contributed by atoms with van der Waals surface area (Å²) >= 11 is 0. The van der Waals surface area contributed by atoms with E-state index in [4.69, 9.17) is 0 Å². The molecule has 1 fully saturated rings. The van der Waals surface area contributed by atoms with Crippen LogP contribution in [0.5, 0.6) is 11.5 Å². The summed E-state index contributed by atoms with van der Waals surface area (Å²) < 4.78 is 35.6. The van der Waals surface area contributed by atoms with E-state index in [1.165, 1.54) is 18.2 Å². The van der Waals surface area contributed by atoms with E-state index in [1.54, 1.807) is 25.1 Å². The van der Waals surface area contributed by atoms with Crippen molar-refractivity contribution in [2.75, 3.05) is 5.32 Å². The summed E-state index contributed by atoms with van der Waals surface area (Å²) in [6.45, 7) is 3.68. The van der Waals surface area contributed by atoms with E-state index in [-0.39, 0.29) is 23.0 Å². The number of aromatic amines is 1. The number of aromatic nitrogens is 2. The van der Waals surface area contributed by atoms with E-state index < -0.39 is 11.7 Å². The van der Waals surface area contributed by atoms with Crippen molar-refractivity contribution in [2.24, 2.45) is 0 Å². The summed E-state index contributed by atoms with van der Waals surface area (Å²) in [5, 5.41) is 2.85. The van der Waals surface area contributed by atoms with Crippen molar-refractivity contribution in [3.8, 4) is 22.8 Å². The van der Waals surface area contributed by atoms with Crippen molar-refractivity contribution in [3.63, 3.8) is 0 Å². The molecule has 0 bridgehead atoms. The molecule has 0 spiro atoms. The lowest BCUT2D eigenvalue weighted by molar-refractivity contribution is -0.286. The summed E-state index contributed by atoms with van der Waals surface area (Å²) in [6.07, 6.45) is -2.55. The molecular weight excluding hydrogens is 420 g/mol. The molecular formula is C23H19F2N3O4. The van der Waals surface area contributed by atoms with Gasteiger partial charge in [-0.1, -0.05) is 12.1 Å². The third-order valence-corrected chi connectivity index (χ3v) is 5.85. The number of H-pyrrole nitrogens is 1. The number of pyridine rings is 2. The molecule has 32 heavy (non-hydrogen) atoms. The number of benzene rings is 1. The maximum absolute atomic E-state index is 13.3. The molecule has 3 heterocycles. The maximum Gasteiger partial charge on any atom is 0.586 e. The number of rotatable bonds is 4. The van der Waals surface area contributed by atoms with Crippen LogP contribution in [0.2, 0.25) is 0 Å². The van der Waals surface area contributed by atoms with E-state index >= 15 is 0 Å². The highest BCUT2D eigenvalue weighted by Gasteiger charge is 2.53. The fraction of sp³-hybridized carbons (Fsp3) is 0.261. The first kappa shape index (κ1) is 20.2. The number of nitrogens with zero attached hydrogens (tertiary/aromatic N) is 1. The molecule has 0 unspecified atom stereocenters. The van der Waals surface area contributed by atoms with Gasteiger partial charge in [0.2, 0.25) is 11.5 Å². The monoisotopic (exact) mass is 439 g/mol. The third-order valence-electron chi connectivity index (χ3n) is 5.85. The number of fused-ring (bicyclic) bond motifs is 1. The van der Waals surface area contributed by atoms with Crippen LogP contribution in [0.15, 0.2) is 47.3 Å². The number of hydrogen-bond acceptors (Lipinski definition) is 5. The average molecular weight is 439 g/mol. The number of halogens is 2. The molecule has 0 atom stereocenters. The topological polar surface area (TPSA) is 93.3 Å². The first-order chi connectivity index (χ1) is 15.2. The summed E-state index contributed by atoms with van der Waals surface area (Å²) in [6, 6.07) is 11.1. The Hall–Kier alpha value is -3.75. The van der Waals surface area contributed by atoms with E-state index in [9.17, 15) is 18.4 Å². The molecule has 1 aliphatic heterocycles. The van der Waals surface area contributed by atoms with Gasteiger partial charge in [0, 0.05) is 17.3 Å². The third kappa shape index (κ3) is 3.39. The number of hydrogen-bond donors (Lipinski definition) is 2. The molecule has 0 radical (unpaired) electrons. The van der Waals surface area contributed by atoms with E-state index in [0.717, 1.165) is 11.1 Å². The fourth-order valence-corrected chi connectivity index (χ4v) is 3.96. The van der Waals surface area contributed by atoms with Gasteiger partial charge in [0.1, 0.15) is 5.82 Å². The Balaban J connectivity index is 1.42. The lowest BCUT2D eigenvalue weighted by atomic mass is 9.94. The van der Waals surface area contributed by atoms with Crippen molar-refractivity contribution in [1.82, 2.24) is 9.97 Å². The number of anilines is 1. The zero-order chi connectivity index (χ0) is 22.7. The van der Waals surface area contributed by atoms with Gasteiger partial charge in [-0.25, -0.2) is 4.98 Å². The van der Waals surface area contributed by atoms with E-state index in [2.05, 4.69) is 24.8 Å². The van der Waals surface area contributed by atoms with Crippen molar-refractivity contribution in [2.45, 2.75) is 38.4 Å². The molecule has 164 valence electrons. The number of aryl methyl sites for hydroxylation is 2. The molecule has 2 aromatic heterocycles. The predicted octanol–water partition coefficient (Wildman–Crippen LogP) is 4.05. The summed E-state index contributed by atoms with van der Waals surface area (Å²) in [5.74, 6) is -0.0599. The highest BCUT2D eigenvalue weighted by atomic mass is 19.3. The lowest BCUT2D eigenvalue weighted by Crippen LogP contribution is -2.28. The first-order valence-corrected chi connectivity index (χ1v) is 10.1.